The number of carbonyl (C=O) groups is 1. The van der Waals surface area contributed by atoms with E-state index in [1.807, 2.05) is 6.07 Å². The average Bonchev–Trinajstić information content (AvgIpc) is 2.41. The average molecular weight is 339 g/mol. The van der Waals surface area contributed by atoms with Gasteiger partial charge in [-0.05, 0) is 46.1 Å². The summed E-state index contributed by atoms with van der Waals surface area (Å²) >= 11 is 3.36. The van der Waals surface area contributed by atoms with Gasteiger partial charge in [-0.15, -0.1) is 0 Å². The second-order valence-electron chi connectivity index (χ2n) is 4.11. The maximum atomic E-state index is 13.5. The SMILES string of the molecule is O=C(NCCc1ccncc1Br)c1c(O)cccc1F. The highest BCUT2D eigenvalue weighted by Gasteiger charge is 2.15. The summed E-state index contributed by atoms with van der Waals surface area (Å²) in [4.78, 5) is 15.8. The summed E-state index contributed by atoms with van der Waals surface area (Å²) in [5.41, 5.74) is 0.652. The molecule has 2 aromatic rings. The van der Waals surface area contributed by atoms with E-state index in [1.165, 1.54) is 12.1 Å². The summed E-state index contributed by atoms with van der Waals surface area (Å²) in [7, 11) is 0. The van der Waals surface area contributed by atoms with Crippen LogP contribution in [0.1, 0.15) is 15.9 Å². The van der Waals surface area contributed by atoms with Crippen molar-refractivity contribution in [3.05, 3.63) is 58.1 Å². The van der Waals surface area contributed by atoms with Gasteiger partial charge in [0, 0.05) is 23.4 Å². The van der Waals surface area contributed by atoms with Crippen LogP contribution >= 0.6 is 15.9 Å². The largest absolute Gasteiger partial charge is 0.507 e. The summed E-state index contributed by atoms with van der Waals surface area (Å²) in [6.07, 6.45) is 3.90. The van der Waals surface area contributed by atoms with E-state index in [0.717, 1.165) is 16.1 Å². The third kappa shape index (κ3) is 3.33. The predicted molar refractivity (Wildman–Crippen MR) is 76.0 cm³/mol. The van der Waals surface area contributed by atoms with Crippen molar-refractivity contribution in [2.24, 2.45) is 0 Å². The van der Waals surface area contributed by atoms with Crippen LogP contribution in [0.2, 0.25) is 0 Å². The van der Waals surface area contributed by atoms with Crippen LogP contribution in [0.15, 0.2) is 41.1 Å². The summed E-state index contributed by atoms with van der Waals surface area (Å²) in [5, 5.41) is 12.1. The van der Waals surface area contributed by atoms with Crippen molar-refractivity contribution in [1.29, 1.82) is 0 Å². The van der Waals surface area contributed by atoms with Gasteiger partial charge in [0.1, 0.15) is 17.1 Å². The van der Waals surface area contributed by atoms with Crippen LogP contribution < -0.4 is 5.32 Å². The lowest BCUT2D eigenvalue weighted by atomic mass is 10.1. The highest BCUT2D eigenvalue weighted by atomic mass is 79.9. The predicted octanol–water partition coefficient (Wildman–Crippen LogP) is 2.66. The van der Waals surface area contributed by atoms with Crippen LogP contribution in [0.4, 0.5) is 4.39 Å². The smallest absolute Gasteiger partial charge is 0.258 e. The summed E-state index contributed by atoms with van der Waals surface area (Å²) in [5.74, 6) is -1.74. The number of nitrogens with zero attached hydrogens (tertiary/aromatic N) is 1. The number of carbonyl (C=O) groups excluding carboxylic acids is 1. The van der Waals surface area contributed by atoms with E-state index in [9.17, 15) is 14.3 Å². The first-order valence-electron chi connectivity index (χ1n) is 5.93. The number of phenolic OH excluding ortho intramolecular Hbond substituents is 1. The Morgan fingerprint density at radius 2 is 2.20 bits per heavy atom. The number of hydrogen-bond donors (Lipinski definition) is 2. The number of amides is 1. The van der Waals surface area contributed by atoms with E-state index < -0.39 is 11.7 Å². The fourth-order valence-corrected chi connectivity index (χ4v) is 2.19. The molecule has 1 aromatic carbocycles. The van der Waals surface area contributed by atoms with Crippen LogP contribution in [-0.4, -0.2) is 22.5 Å². The van der Waals surface area contributed by atoms with Crippen LogP contribution in [0, 0.1) is 5.82 Å². The standard InChI is InChI=1S/C14H12BrFN2O2/c15-10-8-17-6-4-9(10)5-7-18-14(20)13-11(16)2-1-3-12(13)19/h1-4,6,8,19H,5,7H2,(H,18,20). The lowest BCUT2D eigenvalue weighted by Gasteiger charge is -2.08. The van der Waals surface area contributed by atoms with Crippen molar-refractivity contribution in [2.75, 3.05) is 6.54 Å². The van der Waals surface area contributed by atoms with Crippen LogP contribution in [0.5, 0.6) is 5.75 Å². The van der Waals surface area contributed by atoms with Crippen LogP contribution in [0.3, 0.4) is 0 Å². The molecule has 0 aliphatic rings. The van der Waals surface area contributed by atoms with E-state index in [4.69, 9.17) is 0 Å². The first kappa shape index (κ1) is 14.5. The topological polar surface area (TPSA) is 62.2 Å². The van der Waals surface area contributed by atoms with Crippen LogP contribution in [0.25, 0.3) is 0 Å². The zero-order valence-corrected chi connectivity index (χ0v) is 12.0. The highest BCUT2D eigenvalue weighted by Crippen LogP contribution is 2.19. The van der Waals surface area contributed by atoms with E-state index in [2.05, 4.69) is 26.2 Å². The lowest BCUT2D eigenvalue weighted by molar-refractivity contribution is 0.0947. The van der Waals surface area contributed by atoms with Gasteiger partial charge >= 0.3 is 0 Å². The van der Waals surface area contributed by atoms with Gasteiger partial charge in [0.05, 0.1) is 0 Å². The number of pyridine rings is 1. The number of phenols is 1. The lowest BCUT2D eigenvalue weighted by Crippen LogP contribution is -2.26. The van der Waals surface area contributed by atoms with Crippen molar-refractivity contribution < 1.29 is 14.3 Å². The summed E-state index contributed by atoms with van der Waals surface area (Å²) in [6, 6.07) is 5.58. The monoisotopic (exact) mass is 338 g/mol. The quantitative estimate of drug-likeness (QED) is 0.900. The third-order valence-corrected chi connectivity index (χ3v) is 3.47. The van der Waals surface area contributed by atoms with Gasteiger partial charge in [0.15, 0.2) is 0 Å². The maximum absolute atomic E-state index is 13.5. The highest BCUT2D eigenvalue weighted by molar-refractivity contribution is 9.10. The number of aromatic hydroxyl groups is 1. The number of nitrogens with one attached hydrogen (secondary N) is 1. The molecule has 20 heavy (non-hydrogen) atoms. The molecule has 2 N–H and O–H groups in total. The Kier molecular flexibility index (Phi) is 4.68. The molecule has 0 aliphatic heterocycles. The fraction of sp³-hybridized carbons (Fsp3) is 0.143. The van der Waals surface area contributed by atoms with E-state index >= 15 is 0 Å². The van der Waals surface area contributed by atoms with Crippen LogP contribution in [-0.2, 0) is 6.42 Å². The number of aromatic nitrogens is 1. The van der Waals surface area contributed by atoms with E-state index in [0.29, 0.717) is 13.0 Å². The normalized spacial score (nSPS) is 10.3. The van der Waals surface area contributed by atoms with Gasteiger partial charge in [0.2, 0.25) is 0 Å². The molecule has 0 aliphatic carbocycles. The Labute approximate surface area is 123 Å². The Balaban J connectivity index is 1.98. The molecule has 0 radical (unpaired) electrons. The molecule has 0 fully saturated rings. The molecule has 1 amide bonds. The molecule has 1 heterocycles. The van der Waals surface area contributed by atoms with Crippen molar-refractivity contribution in [1.82, 2.24) is 10.3 Å². The fourth-order valence-electron chi connectivity index (χ4n) is 1.74. The third-order valence-electron chi connectivity index (χ3n) is 2.76. The second-order valence-corrected chi connectivity index (χ2v) is 4.96. The Bertz CT molecular complexity index is 614. The van der Waals surface area contributed by atoms with E-state index in [1.54, 1.807) is 12.4 Å². The zero-order valence-electron chi connectivity index (χ0n) is 10.4. The molecule has 2 rings (SSSR count). The maximum Gasteiger partial charge on any atom is 0.258 e. The van der Waals surface area contributed by atoms with Gasteiger partial charge in [-0.25, -0.2) is 4.39 Å². The molecule has 0 spiro atoms. The van der Waals surface area contributed by atoms with Gasteiger partial charge in [-0.2, -0.15) is 0 Å². The van der Waals surface area contributed by atoms with Crippen molar-refractivity contribution in [3.8, 4) is 5.75 Å². The molecule has 104 valence electrons. The molecule has 0 atom stereocenters. The molecule has 0 bridgehead atoms. The number of benzene rings is 1. The molecule has 6 heteroatoms. The Morgan fingerprint density at radius 3 is 2.90 bits per heavy atom. The minimum atomic E-state index is -0.743. The molecular formula is C14H12BrFN2O2. The molecule has 4 nitrogen and oxygen atoms in total. The van der Waals surface area contributed by atoms with Gasteiger partial charge < -0.3 is 10.4 Å². The number of rotatable bonds is 4. The number of hydrogen-bond acceptors (Lipinski definition) is 3. The summed E-state index contributed by atoms with van der Waals surface area (Å²) in [6.45, 7) is 0.329. The first-order chi connectivity index (χ1) is 9.59. The van der Waals surface area contributed by atoms with Gasteiger partial charge in [-0.3, -0.25) is 9.78 Å². The molecule has 0 saturated heterocycles. The molecular weight excluding hydrogens is 327 g/mol. The number of halogens is 2. The van der Waals surface area contributed by atoms with Crippen molar-refractivity contribution in [2.45, 2.75) is 6.42 Å². The van der Waals surface area contributed by atoms with Gasteiger partial charge in [-0.1, -0.05) is 6.07 Å². The molecule has 0 unspecified atom stereocenters. The van der Waals surface area contributed by atoms with E-state index in [-0.39, 0.29) is 11.3 Å². The molecule has 1 aromatic heterocycles. The van der Waals surface area contributed by atoms with Gasteiger partial charge in [0.25, 0.3) is 5.91 Å². The first-order valence-corrected chi connectivity index (χ1v) is 6.73. The zero-order chi connectivity index (χ0) is 14.5. The Morgan fingerprint density at radius 1 is 1.40 bits per heavy atom. The van der Waals surface area contributed by atoms with Crippen molar-refractivity contribution >= 4 is 21.8 Å². The van der Waals surface area contributed by atoms with Crippen molar-refractivity contribution in [3.63, 3.8) is 0 Å². The minimum Gasteiger partial charge on any atom is -0.507 e. The Hall–Kier alpha value is -1.95. The molecule has 0 saturated carbocycles. The minimum absolute atomic E-state index is 0.329. The summed E-state index contributed by atoms with van der Waals surface area (Å²) < 4.78 is 14.3. The second kappa shape index (κ2) is 6.47.